The van der Waals surface area contributed by atoms with Gasteiger partial charge in [-0.15, -0.1) is 0 Å². The first-order valence-corrected chi connectivity index (χ1v) is 7.20. The summed E-state index contributed by atoms with van der Waals surface area (Å²) in [5.74, 6) is 0.774. The van der Waals surface area contributed by atoms with Crippen molar-refractivity contribution in [1.29, 1.82) is 0 Å². The maximum Gasteiger partial charge on any atom is 0.137 e. The third-order valence-corrected chi connectivity index (χ3v) is 4.36. The lowest BCUT2D eigenvalue weighted by Gasteiger charge is -2.24. The second-order valence-corrected chi connectivity index (χ2v) is 5.59. The molecule has 0 N–H and O–H groups in total. The number of para-hydroxylation sites is 1. The summed E-state index contributed by atoms with van der Waals surface area (Å²) >= 11 is 0. The van der Waals surface area contributed by atoms with E-state index in [0.717, 1.165) is 38.8 Å². The number of anilines is 1. The Hall–Kier alpha value is -1.31. The zero-order chi connectivity index (χ0) is 12.4. The Morgan fingerprint density at radius 3 is 2.94 bits per heavy atom. The van der Waals surface area contributed by atoms with Gasteiger partial charge in [-0.05, 0) is 30.9 Å². The molecule has 1 saturated carbocycles. The molecule has 3 rings (SSSR count). The van der Waals surface area contributed by atoms with Gasteiger partial charge in [-0.3, -0.25) is 4.79 Å². The SMILES string of the molecule is O=C1CCCCCC1CN1CCc2ccccc21. The van der Waals surface area contributed by atoms with Crippen molar-refractivity contribution in [2.75, 3.05) is 18.0 Å². The zero-order valence-corrected chi connectivity index (χ0v) is 10.9. The van der Waals surface area contributed by atoms with Crippen LogP contribution in [0.1, 0.15) is 37.7 Å². The molecule has 0 saturated heterocycles. The maximum atomic E-state index is 12.1. The molecule has 2 nitrogen and oxygen atoms in total. The molecule has 1 aromatic carbocycles. The molecule has 1 heterocycles. The van der Waals surface area contributed by atoms with Gasteiger partial charge in [0.2, 0.25) is 0 Å². The minimum Gasteiger partial charge on any atom is -0.370 e. The summed E-state index contributed by atoms with van der Waals surface area (Å²) in [4.78, 5) is 14.5. The highest BCUT2D eigenvalue weighted by Gasteiger charge is 2.26. The van der Waals surface area contributed by atoms with Crippen molar-refractivity contribution in [2.24, 2.45) is 5.92 Å². The normalized spacial score (nSPS) is 23.9. The number of benzene rings is 1. The van der Waals surface area contributed by atoms with Crippen molar-refractivity contribution in [1.82, 2.24) is 0 Å². The third kappa shape index (κ3) is 2.29. The second kappa shape index (κ2) is 5.13. The fourth-order valence-corrected chi connectivity index (χ4v) is 3.29. The molecule has 0 radical (unpaired) electrons. The average Bonchev–Trinajstić information content (AvgIpc) is 2.69. The molecule has 1 atom stereocenters. The maximum absolute atomic E-state index is 12.1. The lowest BCUT2D eigenvalue weighted by Crippen LogP contribution is -2.31. The van der Waals surface area contributed by atoms with Gasteiger partial charge < -0.3 is 4.90 Å². The van der Waals surface area contributed by atoms with Gasteiger partial charge in [0, 0.05) is 31.1 Å². The van der Waals surface area contributed by atoms with Crippen LogP contribution in [0.4, 0.5) is 5.69 Å². The number of nitrogens with zero attached hydrogens (tertiary/aromatic N) is 1. The van der Waals surface area contributed by atoms with Crippen LogP contribution in [0, 0.1) is 5.92 Å². The molecular formula is C16H21NO. The van der Waals surface area contributed by atoms with Crippen LogP contribution < -0.4 is 4.90 Å². The van der Waals surface area contributed by atoms with Crippen molar-refractivity contribution in [3.05, 3.63) is 29.8 Å². The summed E-state index contributed by atoms with van der Waals surface area (Å²) in [6, 6.07) is 8.62. The van der Waals surface area contributed by atoms with Gasteiger partial charge in [0.15, 0.2) is 0 Å². The quantitative estimate of drug-likeness (QED) is 0.743. The van der Waals surface area contributed by atoms with Gasteiger partial charge in [0.25, 0.3) is 0 Å². The van der Waals surface area contributed by atoms with Crippen LogP contribution in [-0.2, 0) is 11.2 Å². The second-order valence-electron chi connectivity index (χ2n) is 5.59. The summed E-state index contributed by atoms with van der Waals surface area (Å²) in [6.07, 6.45) is 6.60. The fraction of sp³-hybridized carbons (Fsp3) is 0.562. The summed E-state index contributed by atoms with van der Waals surface area (Å²) in [5, 5.41) is 0. The molecule has 0 amide bonds. The molecule has 0 aromatic heterocycles. The van der Waals surface area contributed by atoms with E-state index in [1.54, 1.807) is 0 Å². The van der Waals surface area contributed by atoms with Crippen molar-refractivity contribution in [3.63, 3.8) is 0 Å². The predicted molar refractivity (Wildman–Crippen MR) is 73.9 cm³/mol. The topological polar surface area (TPSA) is 20.3 Å². The molecule has 1 aliphatic heterocycles. The summed E-state index contributed by atoms with van der Waals surface area (Å²) < 4.78 is 0. The van der Waals surface area contributed by atoms with E-state index in [4.69, 9.17) is 0 Å². The Morgan fingerprint density at radius 2 is 2.00 bits per heavy atom. The number of fused-ring (bicyclic) bond motifs is 1. The van der Waals surface area contributed by atoms with Crippen LogP contribution in [0.5, 0.6) is 0 Å². The Kier molecular flexibility index (Phi) is 3.35. The molecule has 0 bridgehead atoms. The van der Waals surface area contributed by atoms with E-state index >= 15 is 0 Å². The Balaban J connectivity index is 1.72. The summed E-state index contributed by atoms with van der Waals surface area (Å²) in [5.41, 5.74) is 2.80. The number of hydrogen-bond acceptors (Lipinski definition) is 2. The lowest BCUT2D eigenvalue weighted by molar-refractivity contribution is -0.122. The molecule has 18 heavy (non-hydrogen) atoms. The molecule has 1 aliphatic carbocycles. The standard InChI is InChI=1S/C16H21NO/c18-16-9-3-1-2-7-14(16)12-17-11-10-13-6-4-5-8-15(13)17/h4-6,8,14H,1-3,7,9-12H2. The fourth-order valence-electron chi connectivity index (χ4n) is 3.29. The average molecular weight is 243 g/mol. The van der Waals surface area contributed by atoms with E-state index in [9.17, 15) is 4.79 Å². The van der Waals surface area contributed by atoms with Crippen molar-refractivity contribution in [3.8, 4) is 0 Å². The number of hydrogen-bond donors (Lipinski definition) is 0. The van der Waals surface area contributed by atoms with Crippen molar-refractivity contribution in [2.45, 2.75) is 38.5 Å². The predicted octanol–water partition coefficient (Wildman–Crippen LogP) is 3.20. The van der Waals surface area contributed by atoms with Crippen LogP contribution >= 0.6 is 0 Å². The van der Waals surface area contributed by atoms with E-state index in [1.165, 1.54) is 24.1 Å². The Labute approximate surface area is 109 Å². The van der Waals surface area contributed by atoms with Crippen LogP contribution in [0.25, 0.3) is 0 Å². The number of rotatable bonds is 2. The first-order chi connectivity index (χ1) is 8.84. The molecule has 2 aliphatic rings. The van der Waals surface area contributed by atoms with E-state index in [0.29, 0.717) is 5.78 Å². The van der Waals surface area contributed by atoms with Crippen molar-refractivity contribution < 1.29 is 4.79 Å². The molecule has 96 valence electrons. The molecule has 2 heteroatoms. The molecule has 1 fully saturated rings. The third-order valence-electron chi connectivity index (χ3n) is 4.36. The number of Topliss-reactive ketones (excluding diaryl/α,β-unsaturated/α-hetero) is 1. The molecule has 1 unspecified atom stereocenters. The highest BCUT2D eigenvalue weighted by molar-refractivity contribution is 5.82. The van der Waals surface area contributed by atoms with Crippen molar-refractivity contribution >= 4 is 11.5 Å². The minimum atomic E-state index is 0.277. The number of carbonyl (C=O) groups excluding carboxylic acids is 1. The van der Waals surface area contributed by atoms with Crippen LogP contribution in [0.2, 0.25) is 0 Å². The molecular weight excluding hydrogens is 222 g/mol. The van der Waals surface area contributed by atoms with Gasteiger partial charge in [0.05, 0.1) is 0 Å². The van der Waals surface area contributed by atoms with Crippen LogP contribution in [0.3, 0.4) is 0 Å². The number of ketones is 1. The first-order valence-electron chi connectivity index (χ1n) is 7.20. The largest absolute Gasteiger partial charge is 0.370 e. The lowest BCUT2D eigenvalue weighted by atomic mass is 9.98. The molecule has 1 aromatic rings. The van der Waals surface area contributed by atoms with Gasteiger partial charge in [-0.2, -0.15) is 0 Å². The van der Waals surface area contributed by atoms with Crippen LogP contribution in [0.15, 0.2) is 24.3 Å². The minimum absolute atomic E-state index is 0.277. The van der Waals surface area contributed by atoms with E-state index in [-0.39, 0.29) is 5.92 Å². The highest BCUT2D eigenvalue weighted by atomic mass is 16.1. The zero-order valence-electron chi connectivity index (χ0n) is 10.9. The van der Waals surface area contributed by atoms with E-state index in [1.807, 2.05) is 0 Å². The highest BCUT2D eigenvalue weighted by Crippen LogP contribution is 2.30. The Bertz CT molecular complexity index is 440. The van der Waals surface area contributed by atoms with E-state index < -0.39 is 0 Å². The van der Waals surface area contributed by atoms with Gasteiger partial charge >= 0.3 is 0 Å². The number of carbonyl (C=O) groups is 1. The summed E-state index contributed by atoms with van der Waals surface area (Å²) in [6.45, 7) is 2.03. The van der Waals surface area contributed by atoms with Gasteiger partial charge in [0.1, 0.15) is 5.78 Å². The monoisotopic (exact) mass is 243 g/mol. The van der Waals surface area contributed by atoms with Gasteiger partial charge in [-0.1, -0.05) is 31.0 Å². The smallest absolute Gasteiger partial charge is 0.137 e. The first kappa shape index (κ1) is 11.8. The molecule has 0 spiro atoms. The van der Waals surface area contributed by atoms with E-state index in [2.05, 4.69) is 29.2 Å². The Morgan fingerprint density at radius 1 is 1.11 bits per heavy atom. The van der Waals surface area contributed by atoms with Gasteiger partial charge in [-0.25, -0.2) is 0 Å². The van der Waals surface area contributed by atoms with Crippen LogP contribution in [-0.4, -0.2) is 18.9 Å². The summed E-state index contributed by atoms with van der Waals surface area (Å²) in [7, 11) is 0.